The van der Waals surface area contributed by atoms with Crippen molar-refractivity contribution in [2.75, 3.05) is 11.6 Å². The van der Waals surface area contributed by atoms with Gasteiger partial charge in [0, 0.05) is 17.5 Å². The number of hydrogen-bond donors (Lipinski definition) is 1. The summed E-state index contributed by atoms with van der Waals surface area (Å²) in [5.74, 6) is -0.383. The third-order valence-corrected chi connectivity index (χ3v) is 3.90. The molecule has 0 heterocycles. The van der Waals surface area contributed by atoms with E-state index in [2.05, 4.69) is 5.32 Å². The van der Waals surface area contributed by atoms with Gasteiger partial charge in [-0.1, -0.05) is 6.07 Å². The first-order valence-corrected chi connectivity index (χ1v) is 7.80. The first kappa shape index (κ1) is 15.4. The van der Waals surface area contributed by atoms with Crippen molar-refractivity contribution in [2.24, 2.45) is 0 Å². The van der Waals surface area contributed by atoms with Crippen LogP contribution in [0.4, 0.5) is 5.69 Å². The summed E-state index contributed by atoms with van der Waals surface area (Å²) in [5, 5.41) is 20.6. The van der Waals surface area contributed by atoms with Crippen LogP contribution in [0.1, 0.15) is 21.5 Å². The third-order valence-electron chi connectivity index (χ3n) is 2.92. The number of hydrogen-bond acceptors (Lipinski definition) is 4. The van der Waals surface area contributed by atoms with Gasteiger partial charge in [-0.25, -0.2) is 0 Å². The van der Waals surface area contributed by atoms with Gasteiger partial charge in [-0.3, -0.25) is 9.00 Å². The van der Waals surface area contributed by atoms with Gasteiger partial charge in [0.1, 0.15) is 6.07 Å². The summed E-state index contributed by atoms with van der Waals surface area (Å²) >= 11 is 0. The third kappa shape index (κ3) is 3.38. The number of nitrogens with one attached hydrogen (secondary N) is 1. The van der Waals surface area contributed by atoms with Crippen LogP contribution in [0, 0.1) is 22.7 Å². The lowest BCUT2D eigenvalue weighted by atomic mass is 10.1. The fourth-order valence-electron chi connectivity index (χ4n) is 1.88. The molecule has 0 aliphatic carbocycles. The molecule has 1 atom stereocenters. The number of carbonyl (C=O) groups excluding carboxylic acids is 1. The van der Waals surface area contributed by atoms with E-state index in [-0.39, 0.29) is 11.5 Å². The highest BCUT2D eigenvalue weighted by Crippen LogP contribution is 2.18. The normalized spacial score (nSPS) is 11.0. The Hall–Kier alpha value is -2.96. The summed E-state index contributed by atoms with van der Waals surface area (Å²) < 4.78 is 11.5. The molecule has 2 rings (SSSR count). The van der Waals surface area contributed by atoms with Crippen LogP contribution in [0.3, 0.4) is 0 Å². The second kappa shape index (κ2) is 6.66. The quantitative estimate of drug-likeness (QED) is 0.942. The molecule has 0 radical (unpaired) electrons. The molecule has 5 nitrogen and oxygen atoms in total. The van der Waals surface area contributed by atoms with Gasteiger partial charge in [0.15, 0.2) is 0 Å². The molecule has 1 amide bonds. The zero-order valence-electron chi connectivity index (χ0n) is 11.7. The second-order valence-electron chi connectivity index (χ2n) is 4.42. The maximum Gasteiger partial charge on any atom is 0.255 e. The first-order valence-electron chi connectivity index (χ1n) is 6.24. The minimum atomic E-state index is -1.27. The summed E-state index contributed by atoms with van der Waals surface area (Å²) in [6.07, 6.45) is 1.49. The Morgan fingerprint density at radius 1 is 1.14 bits per heavy atom. The summed E-state index contributed by atoms with van der Waals surface area (Å²) in [7, 11) is -1.27. The molecule has 0 spiro atoms. The van der Waals surface area contributed by atoms with Crippen molar-refractivity contribution in [3.63, 3.8) is 0 Å². The van der Waals surface area contributed by atoms with Gasteiger partial charge in [-0.15, -0.1) is 0 Å². The Balaban J connectivity index is 2.27. The van der Waals surface area contributed by atoms with Crippen molar-refractivity contribution in [3.05, 3.63) is 59.2 Å². The zero-order chi connectivity index (χ0) is 16.1. The maximum atomic E-state index is 12.1. The summed E-state index contributed by atoms with van der Waals surface area (Å²) in [5.41, 5.74) is 1.42. The molecule has 0 bridgehead atoms. The number of anilines is 1. The summed E-state index contributed by atoms with van der Waals surface area (Å²) in [6, 6.07) is 14.8. The minimum Gasteiger partial charge on any atom is -0.322 e. The van der Waals surface area contributed by atoms with Crippen molar-refractivity contribution in [3.8, 4) is 12.1 Å². The van der Waals surface area contributed by atoms with Crippen molar-refractivity contribution < 1.29 is 9.00 Å². The van der Waals surface area contributed by atoms with Gasteiger partial charge in [0.25, 0.3) is 5.91 Å². The van der Waals surface area contributed by atoms with Gasteiger partial charge < -0.3 is 5.32 Å². The predicted molar refractivity (Wildman–Crippen MR) is 82.6 cm³/mol. The average molecular weight is 309 g/mol. The molecule has 0 aromatic heterocycles. The highest BCUT2D eigenvalue weighted by molar-refractivity contribution is 7.84. The standard InChI is InChI=1S/C16H11N3O2S/c1-22(21)15-6-5-14(8-13(15)10-18)19-16(20)12-4-2-3-11(7-12)9-17/h2-8H,1H3,(H,19,20)/t22-/m1/s1. The van der Waals surface area contributed by atoms with Crippen LogP contribution in [-0.2, 0) is 10.8 Å². The fourth-order valence-corrected chi connectivity index (χ4v) is 2.55. The van der Waals surface area contributed by atoms with Gasteiger partial charge in [0.2, 0.25) is 0 Å². The smallest absolute Gasteiger partial charge is 0.255 e. The van der Waals surface area contributed by atoms with Crippen LogP contribution >= 0.6 is 0 Å². The SMILES string of the molecule is C[S@@](=O)c1ccc(NC(=O)c2cccc(C#N)c2)cc1C#N. The van der Waals surface area contributed by atoms with Crippen LogP contribution in [0.25, 0.3) is 0 Å². The summed E-state index contributed by atoms with van der Waals surface area (Å²) in [4.78, 5) is 12.6. The van der Waals surface area contributed by atoms with Crippen LogP contribution in [-0.4, -0.2) is 16.4 Å². The van der Waals surface area contributed by atoms with Crippen molar-refractivity contribution >= 4 is 22.4 Å². The topological polar surface area (TPSA) is 93.8 Å². The first-order chi connectivity index (χ1) is 10.5. The van der Waals surface area contributed by atoms with E-state index in [4.69, 9.17) is 10.5 Å². The molecule has 108 valence electrons. The van der Waals surface area contributed by atoms with E-state index in [1.807, 2.05) is 12.1 Å². The summed E-state index contributed by atoms with van der Waals surface area (Å²) in [6.45, 7) is 0. The molecule has 22 heavy (non-hydrogen) atoms. The van der Waals surface area contributed by atoms with Crippen LogP contribution in [0.15, 0.2) is 47.4 Å². The second-order valence-corrected chi connectivity index (χ2v) is 5.77. The molecule has 2 aromatic carbocycles. The molecular formula is C16H11N3O2S. The Labute approximate surface area is 130 Å². The van der Waals surface area contributed by atoms with Gasteiger partial charge in [0.05, 0.1) is 32.9 Å². The lowest BCUT2D eigenvalue weighted by Crippen LogP contribution is -2.12. The molecular weight excluding hydrogens is 298 g/mol. The lowest BCUT2D eigenvalue weighted by molar-refractivity contribution is 0.102. The van der Waals surface area contributed by atoms with E-state index >= 15 is 0 Å². The zero-order valence-corrected chi connectivity index (χ0v) is 12.5. The monoisotopic (exact) mass is 309 g/mol. The lowest BCUT2D eigenvalue weighted by Gasteiger charge is -2.07. The van der Waals surface area contributed by atoms with Crippen LogP contribution < -0.4 is 5.32 Å². The van der Waals surface area contributed by atoms with Crippen LogP contribution in [0.2, 0.25) is 0 Å². The van der Waals surface area contributed by atoms with Crippen molar-refractivity contribution in [1.82, 2.24) is 0 Å². The maximum absolute atomic E-state index is 12.1. The fraction of sp³-hybridized carbons (Fsp3) is 0.0625. The van der Waals surface area contributed by atoms with Gasteiger partial charge in [-0.05, 0) is 36.4 Å². The Morgan fingerprint density at radius 3 is 2.55 bits per heavy atom. The molecule has 0 saturated carbocycles. The van der Waals surface area contributed by atoms with Gasteiger partial charge >= 0.3 is 0 Å². The van der Waals surface area contributed by atoms with E-state index in [1.54, 1.807) is 30.3 Å². The molecule has 0 saturated heterocycles. The Bertz CT molecular complexity index is 847. The Kier molecular flexibility index (Phi) is 4.67. The highest BCUT2D eigenvalue weighted by atomic mass is 32.2. The van der Waals surface area contributed by atoms with E-state index in [9.17, 15) is 9.00 Å². The molecule has 0 fully saturated rings. The average Bonchev–Trinajstić information content (AvgIpc) is 2.54. The predicted octanol–water partition coefficient (Wildman–Crippen LogP) is 2.42. The number of nitriles is 2. The number of amides is 1. The number of rotatable bonds is 3. The highest BCUT2D eigenvalue weighted by Gasteiger charge is 2.10. The number of carbonyl (C=O) groups is 1. The molecule has 0 unspecified atom stereocenters. The van der Waals surface area contributed by atoms with E-state index in [1.165, 1.54) is 18.4 Å². The minimum absolute atomic E-state index is 0.254. The van der Waals surface area contributed by atoms with E-state index in [0.29, 0.717) is 21.7 Å². The van der Waals surface area contributed by atoms with Gasteiger partial charge in [-0.2, -0.15) is 10.5 Å². The van der Waals surface area contributed by atoms with Crippen LogP contribution in [0.5, 0.6) is 0 Å². The molecule has 2 aromatic rings. The number of benzene rings is 2. The molecule has 0 aliphatic heterocycles. The Morgan fingerprint density at radius 2 is 1.91 bits per heavy atom. The molecule has 6 heteroatoms. The molecule has 1 N–H and O–H groups in total. The van der Waals surface area contributed by atoms with Crippen molar-refractivity contribution in [2.45, 2.75) is 4.90 Å². The molecule has 0 aliphatic rings. The van der Waals surface area contributed by atoms with Crippen molar-refractivity contribution in [1.29, 1.82) is 10.5 Å². The number of nitrogens with zero attached hydrogens (tertiary/aromatic N) is 2. The van der Waals surface area contributed by atoms with E-state index in [0.717, 1.165) is 0 Å². The van der Waals surface area contributed by atoms with E-state index < -0.39 is 10.8 Å². The largest absolute Gasteiger partial charge is 0.322 e.